The van der Waals surface area contributed by atoms with Crippen LogP contribution in [0.2, 0.25) is 0 Å². The van der Waals surface area contributed by atoms with Crippen LogP contribution in [-0.4, -0.2) is 26.8 Å². The number of rotatable bonds is 7. The Bertz CT molecular complexity index is 250. The summed E-state index contributed by atoms with van der Waals surface area (Å²) in [6.07, 6.45) is 4.10. The molecule has 0 aromatic carbocycles. The summed E-state index contributed by atoms with van der Waals surface area (Å²) in [7, 11) is 1.83. The summed E-state index contributed by atoms with van der Waals surface area (Å²) in [5.74, 6) is 3.06. The number of methoxy groups -OCH3 is 1. The lowest BCUT2D eigenvalue weighted by atomic mass is 9.63. The Hall–Kier alpha value is -0.0800. The predicted octanol–water partition coefficient (Wildman–Crippen LogP) is 3.96. The number of nitrogens with one attached hydrogen (secondary N) is 1. The monoisotopic (exact) mass is 269 g/mol. The Kier molecular flexibility index (Phi) is 6.82. The van der Waals surface area contributed by atoms with Gasteiger partial charge in [0.1, 0.15) is 0 Å². The van der Waals surface area contributed by atoms with Gasteiger partial charge in [0.25, 0.3) is 0 Å². The second kappa shape index (κ2) is 7.64. The van der Waals surface area contributed by atoms with E-state index in [0.717, 1.165) is 30.9 Å². The van der Waals surface area contributed by atoms with Crippen LogP contribution in [0.5, 0.6) is 0 Å². The third-order valence-corrected chi connectivity index (χ3v) is 4.71. The summed E-state index contributed by atoms with van der Waals surface area (Å²) in [6.45, 7) is 15.0. The maximum Gasteiger partial charge on any atom is 0.0490 e. The Morgan fingerprint density at radius 2 is 1.95 bits per heavy atom. The van der Waals surface area contributed by atoms with Crippen molar-refractivity contribution in [2.75, 3.05) is 26.8 Å². The van der Waals surface area contributed by atoms with E-state index in [4.69, 9.17) is 4.74 Å². The second-order valence-electron chi connectivity index (χ2n) is 7.82. The first-order chi connectivity index (χ1) is 8.85. The van der Waals surface area contributed by atoms with E-state index in [2.05, 4.69) is 39.9 Å². The van der Waals surface area contributed by atoms with Crippen LogP contribution in [0.15, 0.2) is 0 Å². The van der Waals surface area contributed by atoms with E-state index in [1.54, 1.807) is 0 Å². The van der Waals surface area contributed by atoms with Gasteiger partial charge in [-0.2, -0.15) is 0 Å². The molecule has 2 heteroatoms. The van der Waals surface area contributed by atoms with E-state index in [9.17, 15) is 0 Å². The molecular weight excluding hydrogens is 234 g/mol. The van der Waals surface area contributed by atoms with E-state index >= 15 is 0 Å². The summed E-state index contributed by atoms with van der Waals surface area (Å²) in [6, 6.07) is 0. The van der Waals surface area contributed by atoms with Crippen molar-refractivity contribution < 1.29 is 4.74 Å². The molecule has 0 aromatic rings. The summed E-state index contributed by atoms with van der Waals surface area (Å²) in [5, 5.41) is 3.67. The molecule has 0 amide bonds. The molecule has 0 radical (unpaired) electrons. The number of ether oxygens (including phenoxy) is 1. The Labute approximate surface area is 120 Å². The highest BCUT2D eigenvalue weighted by Crippen LogP contribution is 2.44. The molecule has 1 rings (SSSR count). The Morgan fingerprint density at radius 3 is 2.53 bits per heavy atom. The molecule has 3 unspecified atom stereocenters. The van der Waals surface area contributed by atoms with Crippen molar-refractivity contribution in [3.05, 3.63) is 0 Å². The maximum atomic E-state index is 5.40. The Balaban J connectivity index is 2.55. The molecule has 0 heterocycles. The molecule has 0 spiro atoms. The summed E-state index contributed by atoms with van der Waals surface area (Å²) < 4.78 is 5.40. The van der Waals surface area contributed by atoms with E-state index < -0.39 is 0 Å². The van der Waals surface area contributed by atoms with Crippen molar-refractivity contribution in [1.82, 2.24) is 5.32 Å². The first kappa shape index (κ1) is 17.0. The Morgan fingerprint density at radius 1 is 1.26 bits per heavy atom. The van der Waals surface area contributed by atoms with Crippen molar-refractivity contribution in [1.29, 1.82) is 0 Å². The van der Waals surface area contributed by atoms with Gasteiger partial charge in [0.2, 0.25) is 0 Å². The lowest BCUT2D eigenvalue weighted by molar-refractivity contribution is 0.0401. The highest BCUT2D eigenvalue weighted by molar-refractivity contribution is 4.88. The zero-order chi connectivity index (χ0) is 14.5. The van der Waals surface area contributed by atoms with E-state index in [0.29, 0.717) is 11.3 Å². The molecule has 19 heavy (non-hydrogen) atoms. The molecule has 1 aliphatic carbocycles. The molecule has 0 saturated heterocycles. The average Bonchev–Trinajstić information content (AvgIpc) is 2.30. The highest BCUT2D eigenvalue weighted by Gasteiger charge is 2.37. The average molecular weight is 269 g/mol. The van der Waals surface area contributed by atoms with E-state index in [1.165, 1.54) is 25.8 Å². The number of hydrogen-bond donors (Lipinski definition) is 1. The molecular formula is C17H35NO. The topological polar surface area (TPSA) is 21.3 Å². The van der Waals surface area contributed by atoms with Crippen LogP contribution < -0.4 is 5.32 Å². The van der Waals surface area contributed by atoms with Gasteiger partial charge >= 0.3 is 0 Å². The lowest BCUT2D eigenvalue weighted by Crippen LogP contribution is -2.40. The van der Waals surface area contributed by atoms with Crippen LogP contribution in [0.25, 0.3) is 0 Å². The first-order valence-electron chi connectivity index (χ1n) is 8.05. The van der Waals surface area contributed by atoms with Crippen molar-refractivity contribution in [3.8, 4) is 0 Å². The second-order valence-corrected chi connectivity index (χ2v) is 7.82. The van der Waals surface area contributed by atoms with Crippen molar-refractivity contribution in [2.24, 2.45) is 29.1 Å². The lowest BCUT2D eigenvalue weighted by Gasteiger charge is -2.43. The fourth-order valence-corrected chi connectivity index (χ4v) is 3.56. The minimum absolute atomic E-state index is 0.515. The van der Waals surface area contributed by atoms with Gasteiger partial charge in [-0.15, -0.1) is 0 Å². The van der Waals surface area contributed by atoms with Crippen molar-refractivity contribution in [3.63, 3.8) is 0 Å². The van der Waals surface area contributed by atoms with Crippen LogP contribution in [0.3, 0.4) is 0 Å². The predicted molar refractivity (Wildman–Crippen MR) is 83.4 cm³/mol. The molecule has 0 bridgehead atoms. The zero-order valence-corrected chi connectivity index (χ0v) is 14.0. The van der Waals surface area contributed by atoms with Crippen LogP contribution in [-0.2, 0) is 4.74 Å². The third-order valence-electron chi connectivity index (χ3n) is 4.71. The summed E-state index contributed by atoms with van der Waals surface area (Å²) in [5.41, 5.74) is 0.515. The summed E-state index contributed by atoms with van der Waals surface area (Å²) in [4.78, 5) is 0. The first-order valence-corrected chi connectivity index (χ1v) is 8.05. The molecule has 1 N–H and O–H groups in total. The minimum Gasteiger partial charge on any atom is -0.384 e. The molecule has 1 aliphatic rings. The fraction of sp³-hybridized carbons (Fsp3) is 1.00. The maximum absolute atomic E-state index is 5.40. The van der Waals surface area contributed by atoms with Crippen molar-refractivity contribution in [2.45, 2.75) is 53.9 Å². The van der Waals surface area contributed by atoms with Crippen LogP contribution in [0, 0.1) is 29.1 Å². The van der Waals surface area contributed by atoms with Gasteiger partial charge in [-0.25, -0.2) is 0 Å². The van der Waals surface area contributed by atoms with Gasteiger partial charge in [-0.05, 0) is 61.4 Å². The number of hydrogen-bond acceptors (Lipinski definition) is 2. The molecule has 1 saturated carbocycles. The normalized spacial score (nSPS) is 28.6. The smallest absolute Gasteiger partial charge is 0.0490 e. The van der Waals surface area contributed by atoms with Gasteiger partial charge in [0.05, 0.1) is 0 Å². The standard InChI is InChI=1S/C17H35NO/c1-13(2)10-18-11-15-7-8-17(4,5)9-16(15)14(3)12-19-6/h13-16,18H,7-12H2,1-6H3. The zero-order valence-electron chi connectivity index (χ0n) is 14.0. The largest absolute Gasteiger partial charge is 0.384 e. The highest BCUT2D eigenvalue weighted by atomic mass is 16.5. The van der Waals surface area contributed by atoms with Gasteiger partial charge in [-0.1, -0.05) is 34.6 Å². The quantitative estimate of drug-likeness (QED) is 0.755. The molecule has 0 aromatic heterocycles. The summed E-state index contributed by atoms with van der Waals surface area (Å²) >= 11 is 0. The van der Waals surface area contributed by atoms with Gasteiger partial charge in [0, 0.05) is 13.7 Å². The molecule has 2 nitrogen and oxygen atoms in total. The van der Waals surface area contributed by atoms with Crippen LogP contribution >= 0.6 is 0 Å². The van der Waals surface area contributed by atoms with Gasteiger partial charge in [-0.3, -0.25) is 0 Å². The van der Waals surface area contributed by atoms with Gasteiger partial charge in [0.15, 0.2) is 0 Å². The van der Waals surface area contributed by atoms with Crippen LogP contribution in [0.4, 0.5) is 0 Å². The molecule has 1 fully saturated rings. The van der Waals surface area contributed by atoms with Crippen molar-refractivity contribution >= 4 is 0 Å². The molecule has 0 aliphatic heterocycles. The molecule has 3 atom stereocenters. The SMILES string of the molecule is COCC(C)C1CC(C)(C)CCC1CNCC(C)C. The van der Waals surface area contributed by atoms with Crippen LogP contribution in [0.1, 0.15) is 53.9 Å². The van der Waals surface area contributed by atoms with E-state index in [1.807, 2.05) is 7.11 Å². The fourth-order valence-electron chi connectivity index (χ4n) is 3.56. The third kappa shape index (κ3) is 5.83. The molecule has 114 valence electrons. The van der Waals surface area contributed by atoms with E-state index in [-0.39, 0.29) is 0 Å². The van der Waals surface area contributed by atoms with Gasteiger partial charge < -0.3 is 10.1 Å². The minimum atomic E-state index is 0.515.